The van der Waals surface area contributed by atoms with Gasteiger partial charge in [0.1, 0.15) is 5.82 Å². The fourth-order valence-electron chi connectivity index (χ4n) is 3.39. The first kappa shape index (κ1) is 19.8. The molecule has 0 amide bonds. The maximum absolute atomic E-state index is 13.3. The Bertz CT molecular complexity index is 948. The molecule has 1 aliphatic carbocycles. The molecule has 1 unspecified atom stereocenters. The van der Waals surface area contributed by atoms with Gasteiger partial charge in [0.05, 0.1) is 6.04 Å². The molecule has 28 heavy (non-hydrogen) atoms. The Morgan fingerprint density at radius 1 is 1.00 bits per heavy atom. The molecule has 0 N–H and O–H groups in total. The van der Waals surface area contributed by atoms with Crippen molar-refractivity contribution in [3.63, 3.8) is 0 Å². The summed E-state index contributed by atoms with van der Waals surface area (Å²) in [6, 6.07) is 9.72. The van der Waals surface area contributed by atoms with E-state index in [1.165, 1.54) is 26.0 Å². The van der Waals surface area contributed by atoms with Crippen LogP contribution in [0.2, 0.25) is 0 Å². The maximum Gasteiger partial charge on any atom is 0.308 e. The van der Waals surface area contributed by atoms with E-state index in [0.717, 1.165) is 22.3 Å². The molecular weight excluding hydrogens is 361 g/mol. The van der Waals surface area contributed by atoms with Crippen LogP contribution >= 0.6 is 0 Å². The summed E-state index contributed by atoms with van der Waals surface area (Å²) in [6.45, 7) is 2.60. The number of carbonyl (C=O) groups is 2. The minimum atomic E-state index is -0.499. The lowest BCUT2D eigenvalue weighted by molar-refractivity contribution is -0.134. The Labute approximate surface area is 163 Å². The lowest BCUT2D eigenvalue weighted by Crippen LogP contribution is -2.23. The number of nitrogens with zero attached hydrogens (tertiary/aromatic N) is 1. The van der Waals surface area contributed by atoms with Crippen molar-refractivity contribution in [3.8, 4) is 11.5 Å². The molecule has 0 heterocycles. The van der Waals surface area contributed by atoms with Gasteiger partial charge >= 0.3 is 11.9 Å². The highest BCUT2D eigenvalue weighted by Crippen LogP contribution is 2.44. The highest BCUT2D eigenvalue weighted by atomic mass is 19.1. The highest BCUT2D eigenvalue weighted by molar-refractivity contribution is 5.78. The third kappa shape index (κ3) is 4.12. The van der Waals surface area contributed by atoms with Gasteiger partial charge < -0.3 is 9.47 Å². The molecule has 146 valence electrons. The Morgan fingerprint density at radius 3 is 2.21 bits per heavy atom. The molecule has 0 bridgehead atoms. The van der Waals surface area contributed by atoms with Crippen LogP contribution in [0.5, 0.6) is 11.5 Å². The summed E-state index contributed by atoms with van der Waals surface area (Å²) in [6.07, 6.45) is 2.57. The van der Waals surface area contributed by atoms with Crippen molar-refractivity contribution < 1.29 is 23.5 Å². The summed E-state index contributed by atoms with van der Waals surface area (Å²) in [5, 5.41) is 0. The summed E-state index contributed by atoms with van der Waals surface area (Å²) in [5.41, 5.74) is 3.59. The number of fused-ring (bicyclic) bond motifs is 1. The minimum absolute atomic E-state index is 0.0792. The summed E-state index contributed by atoms with van der Waals surface area (Å²) in [4.78, 5) is 25.2. The third-order valence-corrected chi connectivity index (χ3v) is 4.58. The van der Waals surface area contributed by atoms with E-state index in [-0.39, 0.29) is 23.4 Å². The van der Waals surface area contributed by atoms with Crippen molar-refractivity contribution in [1.82, 2.24) is 4.90 Å². The predicted octanol–water partition coefficient (Wildman–Crippen LogP) is 3.92. The molecule has 0 aliphatic heterocycles. The van der Waals surface area contributed by atoms with E-state index in [9.17, 15) is 14.0 Å². The van der Waals surface area contributed by atoms with Crippen LogP contribution in [0.15, 0.2) is 42.5 Å². The first-order valence-corrected chi connectivity index (χ1v) is 8.92. The SMILES string of the molecule is CC(=O)Oc1ccc2c(c1OC(C)=O)CC(c1ccc(F)cc1)=CC2N(C)C. The molecule has 3 rings (SSSR count). The van der Waals surface area contributed by atoms with E-state index >= 15 is 0 Å². The fourth-order valence-corrected chi connectivity index (χ4v) is 3.39. The number of hydrogen-bond acceptors (Lipinski definition) is 5. The van der Waals surface area contributed by atoms with Gasteiger partial charge in [0.15, 0.2) is 11.5 Å². The van der Waals surface area contributed by atoms with Gasteiger partial charge in [0.2, 0.25) is 0 Å². The molecule has 1 aliphatic rings. The highest BCUT2D eigenvalue weighted by Gasteiger charge is 2.28. The second-order valence-electron chi connectivity index (χ2n) is 6.93. The van der Waals surface area contributed by atoms with E-state index < -0.39 is 11.9 Å². The zero-order valence-corrected chi connectivity index (χ0v) is 16.3. The standard InChI is InChI=1S/C22H22FNO4/c1-13(25)27-21-10-9-18-19(22(21)28-14(2)26)11-16(12-20(18)24(3)4)15-5-7-17(23)8-6-15/h5-10,12,20H,11H2,1-4H3. The number of hydrogen-bond donors (Lipinski definition) is 0. The van der Waals surface area contributed by atoms with Crippen LogP contribution in [0.3, 0.4) is 0 Å². The van der Waals surface area contributed by atoms with Gasteiger partial charge in [-0.2, -0.15) is 0 Å². The average Bonchev–Trinajstić information content (AvgIpc) is 2.62. The van der Waals surface area contributed by atoms with Crippen LogP contribution in [-0.2, 0) is 16.0 Å². The number of rotatable bonds is 4. The van der Waals surface area contributed by atoms with Crippen LogP contribution < -0.4 is 9.47 Å². The van der Waals surface area contributed by atoms with Gasteiger partial charge in [-0.05, 0) is 49.0 Å². The van der Waals surface area contributed by atoms with Gasteiger partial charge in [-0.25, -0.2) is 4.39 Å². The Morgan fingerprint density at radius 2 is 1.64 bits per heavy atom. The molecular formula is C22H22FNO4. The molecule has 5 nitrogen and oxygen atoms in total. The lowest BCUT2D eigenvalue weighted by Gasteiger charge is -2.31. The summed E-state index contributed by atoms with van der Waals surface area (Å²) in [5.74, 6) is -0.842. The van der Waals surface area contributed by atoms with Crippen molar-refractivity contribution in [2.45, 2.75) is 26.3 Å². The van der Waals surface area contributed by atoms with Gasteiger partial charge in [0.25, 0.3) is 0 Å². The molecule has 0 saturated carbocycles. The monoisotopic (exact) mass is 383 g/mol. The molecule has 6 heteroatoms. The van der Waals surface area contributed by atoms with Crippen molar-refractivity contribution in [2.75, 3.05) is 14.1 Å². The van der Waals surface area contributed by atoms with Crippen LogP contribution in [0, 0.1) is 5.82 Å². The number of ether oxygens (including phenoxy) is 2. The molecule has 0 spiro atoms. The summed E-state index contributed by atoms with van der Waals surface area (Å²) < 4.78 is 24.1. The Kier molecular flexibility index (Phi) is 5.61. The fraction of sp³-hybridized carbons (Fsp3) is 0.273. The van der Waals surface area contributed by atoms with Crippen molar-refractivity contribution >= 4 is 17.5 Å². The van der Waals surface area contributed by atoms with E-state index in [1.807, 2.05) is 25.1 Å². The number of esters is 2. The van der Waals surface area contributed by atoms with Crippen molar-refractivity contribution in [3.05, 3.63) is 65.0 Å². The number of halogens is 1. The van der Waals surface area contributed by atoms with Gasteiger partial charge in [-0.1, -0.05) is 24.3 Å². The van der Waals surface area contributed by atoms with E-state index in [2.05, 4.69) is 6.08 Å². The lowest BCUT2D eigenvalue weighted by atomic mass is 9.84. The third-order valence-electron chi connectivity index (χ3n) is 4.58. The normalized spacial score (nSPS) is 15.6. The summed E-state index contributed by atoms with van der Waals surface area (Å²) in [7, 11) is 3.90. The second kappa shape index (κ2) is 7.94. The Balaban J connectivity index is 2.15. The van der Waals surface area contributed by atoms with Crippen molar-refractivity contribution in [2.24, 2.45) is 0 Å². The van der Waals surface area contributed by atoms with Crippen molar-refractivity contribution in [1.29, 1.82) is 0 Å². The first-order valence-electron chi connectivity index (χ1n) is 8.92. The molecule has 0 aromatic heterocycles. The van der Waals surface area contributed by atoms with Crippen LogP contribution in [0.25, 0.3) is 5.57 Å². The smallest absolute Gasteiger partial charge is 0.308 e. The zero-order valence-electron chi connectivity index (χ0n) is 16.3. The van der Waals surface area contributed by atoms with Gasteiger partial charge in [-0.15, -0.1) is 0 Å². The Hall–Kier alpha value is -2.99. The zero-order chi connectivity index (χ0) is 20.4. The largest absolute Gasteiger partial charge is 0.423 e. The number of likely N-dealkylation sites (N-methyl/N-ethyl adjacent to an activating group) is 1. The van der Waals surface area contributed by atoms with E-state index in [0.29, 0.717) is 6.42 Å². The maximum atomic E-state index is 13.3. The molecule has 2 aromatic rings. The minimum Gasteiger partial charge on any atom is -0.423 e. The second-order valence-corrected chi connectivity index (χ2v) is 6.93. The quantitative estimate of drug-likeness (QED) is 0.592. The van der Waals surface area contributed by atoms with E-state index in [1.54, 1.807) is 18.2 Å². The molecule has 0 radical (unpaired) electrons. The topological polar surface area (TPSA) is 55.8 Å². The van der Waals surface area contributed by atoms with Gasteiger partial charge in [0, 0.05) is 25.8 Å². The van der Waals surface area contributed by atoms with Crippen LogP contribution in [0.1, 0.15) is 36.6 Å². The predicted molar refractivity (Wildman–Crippen MR) is 104 cm³/mol. The first-order chi connectivity index (χ1) is 13.3. The number of carbonyl (C=O) groups excluding carboxylic acids is 2. The summed E-state index contributed by atoms with van der Waals surface area (Å²) >= 11 is 0. The van der Waals surface area contributed by atoms with E-state index in [4.69, 9.17) is 9.47 Å². The van der Waals surface area contributed by atoms with Crippen LogP contribution in [0.4, 0.5) is 4.39 Å². The molecule has 0 fully saturated rings. The van der Waals surface area contributed by atoms with Gasteiger partial charge in [-0.3, -0.25) is 14.5 Å². The number of allylic oxidation sites excluding steroid dienone is 1. The number of benzene rings is 2. The molecule has 1 atom stereocenters. The molecule has 0 saturated heterocycles. The molecule has 2 aromatic carbocycles. The van der Waals surface area contributed by atoms with Crippen LogP contribution in [-0.4, -0.2) is 30.9 Å². The average molecular weight is 383 g/mol.